The van der Waals surface area contributed by atoms with E-state index in [1.54, 1.807) is 22.7 Å². The van der Waals surface area contributed by atoms with Crippen molar-refractivity contribution < 1.29 is 9.59 Å². The summed E-state index contributed by atoms with van der Waals surface area (Å²) in [5.41, 5.74) is 3.16. The molecule has 0 aliphatic carbocycles. The van der Waals surface area contributed by atoms with Gasteiger partial charge in [-0.2, -0.15) is 17.0 Å². The lowest BCUT2D eigenvalue weighted by molar-refractivity contribution is 0.111. The van der Waals surface area contributed by atoms with Crippen LogP contribution in [0.2, 0.25) is 0 Å². The maximum atomic E-state index is 13.3. The lowest BCUT2D eigenvalue weighted by Gasteiger charge is -2.29. The van der Waals surface area contributed by atoms with Crippen LogP contribution in [0.5, 0.6) is 0 Å². The Morgan fingerprint density at radius 2 is 2.10 bits per heavy atom. The van der Waals surface area contributed by atoms with Crippen molar-refractivity contribution in [3.63, 3.8) is 0 Å². The second-order valence-electron chi connectivity index (χ2n) is 9.84. The fraction of sp³-hybridized carbons (Fsp3) is 0.464. The third-order valence-electron chi connectivity index (χ3n) is 6.45. The van der Waals surface area contributed by atoms with Gasteiger partial charge in [-0.05, 0) is 57.3 Å². The molecule has 0 aromatic carbocycles. The average molecular weight is 551 g/mol. The van der Waals surface area contributed by atoms with Crippen LogP contribution in [-0.2, 0) is 13.0 Å². The number of pyridine rings is 2. The summed E-state index contributed by atoms with van der Waals surface area (Å²) in [6.07, 6.45) is 7.67. The first-order valence-corrected chi connectivity index (χ1v) is 14.4. The van der Waals surface area contributed by atoms with Crippen LogP contribution in [0.1, 0.15) is 40.5 Å². The largest absolute Gasteiger partial charge is 0.381 e. The number of thioether (sulfide) groups is 1. The number of anilines is 3. The number of aryl methyl sites for hydroxylation is 1. The number of carbonyl (C=O) groups is 2. The predicted molar refractivity (Wildman–Crippen MR) is 159 cm³/mol. The molecular formula is C28H38N8O2S. The van der Waals surface area contributed by atoms with Crippen molar-refractivity contribution in [2.24, 2.45) is 0 Å². The van der Waals surface area contributed by atoms with Crippen molar-refractivity contribution in [3.8, 4) is 6.07 Å². The van der Waals surface area contributed by atoms with E-state index >= 15 is 0 Å². The quantitative estimate of drug-likeness (QED) is 0.283. The van der Waals surface area contributed by atoms with Gasteiger partial charge in [0, 0.05) is 56.8 Å². The average Bonchev–Trinajstić information content (AvgIpc) is 2.91. The van der Waals surface area contributed by atoms with E-state index in [2.05, 4.69) is 43.0 Å². The van der Waals surface area contributed by atoms with Crippen molar-refractivity contribution in [1.82, 2.24) is 19.8 Å². The van der Waals surface area contributed by atoms with Gasteiger partial charge in [0.25, 0.3) is 0 Å². The molecule has 0 fully saturated rings. The number of aromatic nitrogens is 2. The first-order valence-electron chi connectivity index (χ1n) is 13.0. The molecule has 1 aliphatic rings. The van der Waals surface area contributed by atoms with Crippen LogP contribution in [-0.4, -0.2) is 90.4 Å². The number of nitrogens with zero attached hydrogens (tertiary/aromatic N) is 6. The number of nitrogens with one attached hydrogen (secondary N) is 2. The maximum Gasteiger partial charge on any atom is 0.328 e. The minimum absolute atomic E-state index is 0.138. The van der Waals surface area contributed by atoms with Gasteiger partial charge >= 0.3 is 6.03 Å². The molecule has 1 aliphatic heterocycles. The smallest absolute Gasteiger partial charge is 0.328 e. The van der Waals surface area contributed by atoms with E-state index in [9.17, 15) is 14.9 Å². The normalized spacial score (nSPS) is 13.5. The number of aldehydes is 1. The summed E-state index contributed by atoms with van der Waals surface area (Å²) >= 11 is 1.70. The van der Waals surface area contributed by atoms with E-state index in [1.165, 1.54) is 6.20 Å². The number of fused-ring (bicyclic) bond motifs is 1. The number of urea groups is 1. The highest BCUT2D eigenvalue weighted by atomic mass is 32.2. The first-order chi connectivity index (χ1) is 18.8. The highest BCUT2D eigenvalue weighted by molar-refractivity contribution is 7.98. The Labute approximate surface area is 235 Å². The topological polar surface area (TPSA) is 117 Å². The summed E-state index contributed by atoms with van der Waals surface area (Å²) < 4.78 is 0. The van der Waals surface area contributed by atoms with Gasteiger partial charge in [-0.25, -0.2) is 14.8 Å². The summed E-state index contributed by atoms with van der Waals surface area (Å²) in [6, 6.07) is 5.58. The van der Waals surface area contributed by atoms with Crippen LogP contribution in [0.4, 0.5) is 22.1 Å². The van der Waals surface area contributed by atoms with Gasteiger partial charge in [-0.1, -0.05) is 6.08 Å². The molecule has 39 heavy (non-hydrogen) atoms. The van der Waals surface area contributed by atoms with E-state index in [0.29, 0.717) is 41.7 Å². The zero-order chi connectivity index (χ0) is 28.4. The molecule has 0 spiro atoms. The van der Waals surface area contributed by atoms with E-state index < -0.39 is 0 Å². The van der Waals surface area contributed by atoms with Crippen LogP contribution in [0.15, 0.2) is 31.0 Å². The van der Waals surface area contributed by atoms with Crippen LogP contribution in [0.3, 0.4) is 0 Å². The van der Waals surface area contributed by atoms with Crippen molar-refractivity contribution in [1.29, 1.82) is 5.26 Å². The molecule has 0 saturated heterocycles. The second-order valence-corrected chi connectivity index (χ2v) is 10.7. The molecule has 3 rings (SSSR count). The monoisotopic (exact) mass is 550 g/mol. The minimum Gasteiger partial charge on any atom is -0.381 e. The Bertz CT molecular complexity index is 1210. The highest BCUT2D eigenvalue weighted by Gasteiger charge is 2.26. The number of carbonyl (C=O) groups excluding carboxylic acids is 2. The molecule has 11 heteroatoms. The predicted octanol–water partition coefficient (Wildman–Crippen LogP) is 3.86. The SMILES string of the molecule is C=CCN(C)CCN(C)Cc1cc2c(nc1C=O)N(C(=O)Nc1cc(NC(C)CSC)c(C#N)cn1)CCC2. The molecule has 0 bridgehead atoms. The van der Waals surface area contributed by atoms with Gasteiger partial charge < -0.3 is 15.1 Å². The minimum atomic E-state index is -0.379. The second kappa shape index (κ2) is 14.6. The zero-order valence-electron chi connectivity index (χ0n) is 23.2. The molecule has 10 nitrogen and oxygen atoms in total. The maximum absolute atomic E-state index is 13.3. The number of hydrogen-bond acceptors (Lipinski definition) is 9. The van der Waals surface area contributed by atoms with Gasteiger partial charge in [0.2, 0.25) is 0 Å². The molecule has 2 aromatic rings. The molecule has 2 aromatic heterocycles. The molecule has 2 N–H and O–H groups in total. The van der Waals surface area contributed by atoms with Gasteiger partial charge in [-0.3, -0.25) is 15.0 Å². The summed E-state index contributed by atoms with van der Waals surface area (Å²) in [7, 11) is 4.06. The van der Waals surface area contributed by atoms with Crippen LogP contribution >= 0.6 is 11.8 Å². The van der Waals surface area contributed by atoms with Gasteiger partial charge in [0.15, 0.2) is 6.29 Å². The number of likely N-dealkylation sites (N-methyl/N-ethyl adjacent to an activating group) is 2. The lowest BCUT2D eigenvalue weighted by Crippen LogP contribution is -2.40. The number of rotatable bonds is 13. The van der Waals surface area contributed by atoms with Crippen LogP contribution in [0, 0.1) is 11.3 Å². The number of amides is 2. The van der Waals surface area contributed by atoms with Gasteiger partial charge in [0.1, 0.15) is 23.4 Å². The first kappa shape index (κ1) is 30.1. The molecule has 0 radical (unpaired) electrons. The summed E-state index contributed by atoms with van der Waals surface area (Å²) in [6.45, 7) is 9.40. The molecule has 2 amide bonds. The third-order valence-corrected chi connectivity index (χ3v) is 7.29. The zero-order valence-corrected chi connectivity index (χ0v) is 24.1. The fourth-order valence-electron chi connectivity index (χ4n) is 4.47. The molecule has 1 atom stereocenters. The Morgan fingerprint density at radius 3 is 2.79 bits per heavy atom. The molecule has 208 valence electrons. The van der Waals surface area contributed by atoms with Crippen molar-refractivity contribution in [3.05, 3.63) is 53.4 Å². The Kier molecular flexibility index (Phi) is 11.3. The molecule has 1 unspecified atom stereocenters. The molecule has 3 heterocycles. The highest BCUT2D eigenvalue weighted by Crippen LogP contribution is 2.28. The van der Waals surface area contributed by atoms with Crippen LogP contribution in [0.25, 0.3) is 0 Å². The van der Waals surface area contributed by atoms with E-state index in [1.807, 2.05) is 39.4 Å². The van der Waals surface area contributed by atoms with Crippen LogP contribution < -0.4 is 15.5 Å². The van der Waals surface area contributed by atoms with Crippen molar-refractivity contribution >= 4 is 41.4 Å². The Balaban J connectivity index is 1.77. The van der Waals surface area contributed by atoms with E-state index in [-0.39, 0.29) is 12.1 Å². The van der Waals surface area contributed by atoms with Crippen molar-refractivity contribution in [2.45, 2.75) is 32.4 Å². The van der Waals surface area contributed by atoms with E-state index in [0.717, 1.165) is 55.6 Å². The number of hydrogen-bond donors (Lipinski definition) is 2. The number of nitriles is 1. The van der Waals surface area contributed by atoms with Gasteiger partial charge in [0.05, 0.1) is 11.3 Å². The fourth-order valence-corrected chi connectivity index (χ4v) is 5.06. The Hall–Kier alpha value is -3.46. The van der Waals surface area contributed by atoms with E-state index in [4.69, 9.17) is 0 Å². The summed E-state index contributed by atoms with van der Waals surface area (Å²) in [5.74, 6) is 1.70. The van der Waals surface area contributed by atoms with Crippen molar-refractivity contribution in [2.75, 3.05) is 67.8 Å². The Morgan fingerprint density at radius 1 is 1.33 bits per heavy atom. The standard InChI is InChI=1S/C28H38N8O2S/c1-6-9-34(3)11-12-35(4)17-22-13-21-8-7-10-36(27(21)32-25(22)18-37)28(38)33-26-14-24(23(15-29)16-30-26)31-20(2)19-39-5/h6,13-14,16,18,20H,1,7-12,17,19H2,2-5H3,(H2,30,31,33,38). The summed E-state index contributed by atoms with van der Waals surface area (Å²) in [4.78, 5) is 40.1. The molecule has 0 saturated carbocycles. The molecular weight excluding hydrogens is 512 g/mol. The summed E-state index contributed by atoms with van der Waals surface area (Å²) in [5, 5.41) is 15.6. The third kappa shape index (κ3) is 8.26. The van der Waals surface area contributed by atoms with Gasteiger partial charge in [-0.15, -0.1) is 6.58 Å². The lowest BCUT2D eigenvalue weighted by atomic mass is 10.0.